The lowest BCUT2D eigenvalue weighted by Crippen LogP contribution is -2.30. The molecule has 19 heavy (non-hydrogen) atoms. The highest BCUT2D eigenvalue weighted by Gasteiger charge is 2.17. The average molecular weight is 252 g/mol. The molecular weight excluding hydrogens is 230 g/mol. The van der Waals surface area contributed by atoms with Gasteiger partial charge in [-0.15, -0.1) is 0 Å². The van der Waals surface area contributed by atoms with Crippen molar-refractivity contribution in [3.8, 4) is 11.3 Å². The largest absolute Gasteiger partial charge is 0.212 e. The second-order valence-electron chi connectivity index (χ2n) is 5.84. The minimum atomic E-state index is 1.25. The Balaban J connectivity index is 2.17. The number of aryl methyl sites for hydroxylation is 5. The lowest BCUT2D eigenvalue weighted by atomic mass is 9.87. The maximum Gasteiger partial charge on any atom is 0.212 e. The Morgan fingerprint density at radius 3 is 2.37 bits per heavy atom. The van der Waals surface area contributed by atoms with Crippen molar-refractivity contribution in [2.24, 2.45) is 7.05 Å². The summed E-state index contributed by atoms with van der Waals surface area (Å²) in [6, 6.07) is 9.29. The normalized spacial score (nSPS) is 14.3. The van der Waals surface area contributed by atoms with E-state index < -0.39 is 0 Å². The molecular formula is C18H22N+. The lowest BCUT2D eigenvalue weighted by Gasteiger charge is -2.18. The molecule has 1 heteroatoms. The van der Waals surface area contributed by atoms with Gasteiger partial charge in [0.05, 0.1) is 0 Å². The molecule has 3 rings (SSSR count). The Morgan fingerprint density at radius 2 is 1.63 bits per heavy atom. The van der Waals surface area contributed by atoms with Gasteiger partial charge in [0.15, 0.2) is 6.20 Å². The molecule has 0 spiro atoms. The molecule has 0 radical (unpaired) electrons. The number of fused-ring (bicyclic) bond motifs is 1. The minimum Gasteiger partial charge on any atom is -0.201 e. The van der Waals surface area contributed by atoms with Gasteiger partial charge in [0.25, 0.3) is 0 Å². The maximum atomic E-state index is 2.43. The van der Waals surface area contributed by atoms with Gasteiger partial charge in [-0.1, -0.05) is 6.07 Å². The molecule has 98 valence electrons. The van der Waals surface area contributed by atoms with Crippen molar-refractivity contribution in [2.75, 3.05) is 0 Å². The first-order valence-electron chi connectivity index (χ1n) is 7.24. The van der Waals surface area contributed by atoms with Crippen molar-refractivity contribution in [3.05, 3.63) is 52.7 Å². The van der Waals surface area contributed by atoms with Gasteiger partial charge in [0.2, 0.25) is 5.69 Å². The first-order valence-corrected chi connectivity index (χ1v) is 7.24. The van der Waals surface area contributed by atoms with Crippen LogP contribution in [0.2, 0.25) is 0 Å². The van der Waals surface area contributed by atoms with E-state index in [2.05, 4.69) is 55.9 Å². The average Bonchev–Trinajstić information content (AvgIpc) is 2.41. The third-order valence-electron chi connectivity index (χ3n) is 4.27. The Labute approximate surface area is 115 Å². The van der Waals surface area contributed by atoms with E-state index in [1.807, 2.05) is 0 Å². The third-order valence-corrected chi connectivity index (χ3v) is 4.27. The van der Waals surface area contributed by atoms with Crippen LogP contribution in [0.25, 0.3) is 11.3 Å². The summed E-state index contributed by atoms with van der Waals surface area (Å²) in [5.41, 5.74) is 8.58. The van der Waals surface area contributed by atoms with E-state index in [0.29, 0.717) is 0 Å². The van der Waals surface area contributed by atoms with E-state index in [4.69, 9.17) is 0 Å². The number of benzene rings is 1. The zero-order valence-corrected chi connectivity index (χ0v) is 12.2. The van der Waals surface area contributed by atoms with Crippen molar-refractivity contribution in [2.45, 2.75) is 39.5 Å². The highest BCUT2D eigenvalue weighted by Crippen LogP contribution is 2.29. The summed E-state index contributed by atoms with van der Waals surface area (Å²) in [5, 5.41) is 0. The monoisotopic (exact) mass is 252 g/mol. The van der Waals surface area contributed by atoms with Crippen LogP contribution in [0, 0.1) is 13.8 Å². The van der Waals surface area contributed by atoms with E-state index >= 15 is 0 Å². The van der Waals surface area contributed by atoms with Crippen molar-refractivity contribution < 1.29 is 4.57 Å². The Bertz CT molecular complexity index is 626. The standard InChI is InChI=1S/C18H22N/c1-13-8-9-19(3)18(10-13)17-12-16-7-5-4-6-15(16)11-14(17)2/h8-12H,4-7H2,1-3H3/q+1. The number of rotatable bonds is 1. The van der Waals surface area contributed by atoms with Gasteiger partial charge in [0, 0.05) is 17.7 Å². The SMILES string of the molecule is Cc1cc[n+](C)c(-c2cc3c(cc2C)CCCC3)c1. The lowest BCUT2D eigenvalue weighted by molar-refractivity contribution is -0.660. The summed E-state index contributed by atoms with van der Waals surface area (Å²) in [6.45, 7) is 4.41. The predicted molar refractivity (Wildman–Crippen MR) is 79.2 cm³/mol. The van der Waals surface area contributed by atoms with Gasteiger partial charge < -0.3 is 0 Å². The van der Waals surface area contributed by atoms with Gasteiger partial charge >= 0.3 is 0 Å². The number of pyridine rings is 1. The number of hydrogen-bond acceptors (Lipinski definition) is 0. The summed E-state index contributed by atoms with van der Waals surface area (Å²) in [5.74, 6) is 0. The number of nitrogens with zero attached hydrogens (tertiary/aromatic N) is 1. The molecule has 0 N–H and O–H groups in total. The van der Waals surface area contributed by atoms with Gasteiger partial charge in [-0.3, -0.25) is 0 Å². The molecule has 2 aromatic rings. The van der Waals surface area contributed by atoms with Crippen molar-refractivity contribution >= 4 is 0 Å². The fraction of sp³-hybridized carbons (Fsp3) is 0.389. The highest BCUT2D eigenvalue weighted by molar-refractivity contribution is 5.64. The number of aromatic nitrogens is 1. The van der Waals surface area contributed by atoms with Crippen LogP contribution >= 0.6 is 0 Å². The molecule has 1 aliphatic rings. The summed E-state index contributed by atoms with van der Waals surface area (Å²) >= 11 is 0. The van der Waals surface area contributed by atoms with Crippen LogP contribution in [0.1, 0.15) is 35.1 Å². The van der Waals surface area contributed by atoms with E-state index in [9.17, 15) is 0 Å². The number of hydrogen-bond donors (Lipinski definition) is 0. The van der Waals surface area contributed by atoms with E-state index in [1.165, 1.54) is 48.1 Å². The van der Waals surface area contributed by atoms with E-state index in [-0.39, 0.29) is 0 Å². The molecule has 0 atom stereocenters. The minimum absolute atomic E-state index is 1.25. The summed E-state index contributed by atoms with van der Waals surface area (Å²) in [7, 11) is 2.13. The van der Waals surface area contributed by atoms with Crippen LogP contribution in [-0.4, -0.2) is 0 Å². The van der Waals surface area contributed by atoms with Crippen molar-refractivity contribution in [1.29, 1.82) is 0 Å². The van der Waals surface area contributed by atoms with Crippen LogP contribution in [0.5, 0.6) is 0 Å². The van der Waals surface area contributed by atoms with E-state index in [0.717, 1.165) is 0 Å². The molecule has 0 unspecified atom stereocenters. The maximum absolute atomic E-state index is 2.43. The summed E-state index contributed by atoms with van der Waals surface area (Å²) in [4.78, 5) is 0. The molecule has 0 saturated carbocycles. The van der Waals surface area contributed by atoms with Crippen molar-refractivity contribution in [3.63, 3.8) is 0 Å². The molecule has 0 saturated heterocycles. The Hall–Kier alpha value is -1.63. The fourth-order valence-electron chi connectivity index (χ4n) is 3.13. The van der Waals surface area contributed by atoms with Gasteiger partial charge in [0.1, 0.15) is 7.05 Å². The van der Waals surface area contributed by atoms with Crippen LogP contribution < -0.4 is 4.57 Å². The zero-order valence-electron chi connectivity index (χ0n) is 12.2. The first kappa shape index (κ1) is 12.4. The quantitative estimate of drug-likeness (QED) is 0.682. The van der Waals surface area contributed by atoms with Gasteiger partial charge in [-0.25, -0.2) is 4.57 Å². The van der Waals surface area contributed by atoms with E-state index in [1.54, 1.807) is 11.1 Å². The second-order valence-corrected chi connectivity index (χ2v) is 5.84. The molecule has 1 nitrogen and oxygen atoms in total. The topological polar surface area (TPSA) is 3.88 Å². The van der Waals surface area contributed by atoms with Gasteiger partial charge in [-0.2, -0.15) is 0 Å². The van der Waals surface area contributed by atoms with Crippen LogP contribution in [0.3, 0.4) is 0 Å². The fourth-order valence-corrected chi connectivity index (χ4v) is 3.13. The van der Waals surface area contributed by atoms with Gasteiger partial charge in [-0.05, 0) is 67.9 Å². The van der Waals surface area contributed by atoms with Crippen molar-refractivity contribution in [1.82, 2.24) is 0 Å². The predicted octanol–water partition coefficient (Wildman–Crippen LogP) is 3.67. The molecule has 1 heterocycles. The molecule has 1 aromatic heterocycles. The Morgan fingerprint density at radius 1 is 0.947 bits per heavy atom. The zero-order chi connectivity index (χ0) is 13.4. The molecule has 0 bridgehead atoms. The second kappa shape index (κ2) is 4.80. The summed E-state index contributed by atoms with van der Waals surface area (Å²) < 4.78 is 2.23. The molecule has 0 fully saturated rings. The molecule has 1 aliphatic carbocycles. The van der Waals surface area contributed by atoms with Crippen LogP contribution in [-0.2, 0) is 19.9 Å². The first-order chi connectivity index (χ1) is 9.15. The summed E-state index contributed by atoms with van der Waals surface area (Å²) in [6.07, 6.45) is 7.36. The smallest absolute Gasteiger partial charge is 0.201 e. The Kier molecular flexibility index (Phi) is 3.14. The molecule has 1 aromatic carbocycles. The van der Waals surface area contributed by atoms with Crippen LogP contribution in [0.4, 0.5) is 0 Å². The molecule has 0 aliphatic heterocycles. The highest BCUT2D eigenvalue weighted by atomic mass is 14.9. The third kappa shape index (κ3) is 2.30. The molecule has 0 amide bonds. The van der Waals surface area contributed by atoms with Crippen LogP contribution in [0.15, 0.2) is 30.5 Å².